The van der Waals surface area contributed by atoms with Crippen molar-refractivity contribution >= 4 is 11.9 Å². The summed E-state index contributed by atoms with van der Waals surface area (Å²) in [7, 11) is 0. The summed E-state index contributed by atoms with van der Waals surface area (Å²) in [5.74, 6) is 0.00833. The van der Waals surface area contributed by atoms with Crippen LogP contribution in [0.3, 0.4) is 0 Å². The lowest BCUT2D eigenvalue weighted by Crippen LogP contribution is -2.67. The first-order chi connectivity index (χ1) is 12.5. The third kappa shape index (κ3) is 2.60. The average molecular weight is 376 g/mol. The highest BCUT2D eigenvalue weighted by Crippen LogP contribution is 2.67. The van der Waals surface area contributed by atoms with Gasteiger partial charge in [-0.2, -0.15) is 0 Å². The van der Waals surface area contributed by atoms with Crippen LogP contribution in [-0.2, 0) is 19.1 Å². The highest BCUT2D eigenvalue weighted by Gasteiger charge is 2.67. The molecule has 0 aromatic carbocycles. The van der Waals surface area contributed by atoms with Crippen LogP contribution in [0.25, 0.3) is 0 Å². The smallest absolute Gasteiger partial charge is 0.336 e. The number of carbonyl (C=O) groups excluding carboxylic acids is 2. The molecule has 2 bridgehead atoms. The number of fused-ring (bicyclic) bond motifs is 3. The summed E-state index contributed by atoms with van der Waals surface area (Å²) in [4.78, 5) is 23.9. The quantitative estimate of drug-likeness (QED) is 0.589. The Bertz CT molecular complexity index is 701. The van der Waals surface area contributed by atoms with Crippen molar-refractivity contribution in [3.8, 4) is 0 Å². The third-order valence-electron chi connectivity index (χ3n) is 8.54. The summed E-state index contributed by atoms with van der Waals surface area (Å²) in [5, 5.41) is 11.0. The minimum atomic E-state index is -1.11. The second-order valence-corrected chi connectivity index (χ2v) is 10.1. The molecular weight excluding hydrogens is 344 g/mol. The van der Waals surface area contributed by atoms with Crippen molar-refractivity contribution in [2.45, 2.75) is 83.3 Å². The summed E-state index contributed by atoms with van der Waals surface area (Å²) in [5.41, 5.74) is -1.48. The molecule has 1 N–H and O–H groups in total. The monoisotopic (exact) mass is 376 g/mol. The van der Waals surface area contributed by atoms with Crippen LogP contribution in [0.4, 0.5) is 0 Å². The first-order valence-corrected chi connectivity index (χ1v) is 10.3. The van der Waals surface area contributed by atoms with Crippen molar-refractivity contribution in [2.75, 3.05) is 6.61 Å². The van der Waals surface area contributed by atoms with E-state index in [1.165, 1.54) is 6.92 Å². The van der Waals surface area contributed by atoms with E-state index in [2.05, 4.69) is 20.4 Å². The van der Waals surface area contributed by atoms with Crippen molar-refractivity contribution in [1.82, 2.24) is 0 Å². The fourth-order valence-corrected chi connectivity index (χ4v) is 7.34. The van der Waals surface area contributed by atoms with Crippen molar-refractivity contribution in [3.63, 3.8) is 0 Å². The van der Waals surface area contributed by atoms with E-state index in [0.29, 0.717) is 25.4 Å². The van der Waals surface area contributed by atoms with Crippen LogP contribution in [0.1, 0.15) is 72.1 Å². The number of esters is 2. The van der Waals surface area contributed by atoms with Gasteiger partial charge in [0.25, 0.3) is 0 Å². The Labute approximate surface area is 161 Å². The van der Waals surface area contributed by atoms with Crippen molar-refractivity contribution in [1.29, 1.82) is 0 Å². The van der Waals surface area contributed by atoms with E-state index in [1.54, 1.807) is 0 Å². The molecule has 0 aromatic rings. The Kier molecular flexibility index (Phi) is 4.09. The number of rotatable bonds is 2. The second kappa shape index (κ2) is 5.82. The summed E-state index contributed by atoms with van der Waals surface area (Å²) in [6.45, 7) is 10.3. The molecule has 1 aliphatic heterocycles. The van der Waals surface area contributed by atoms with E-state index in [9.17, 15) is 14.7 Å². The minimum absolute atomic E-state index is 0.0195. The van der Waals surface area contributed by atoms with Gasteiger partial charge in [-0.15, -0.1) is 0 Å². The Morgan fingerprint density at radius 1 is 1.22 bits per heavy atom. The number of hydrogen-bond acceptors (Lipinski definition) is 5. The molecule has 3 saturated carbocycles. The Morgan fingerprint density at radius 2 is 1.93 bits per heavy atom. The number of aliphatic hydroxyl groups is 1. The molecule has 0 radical (unpaired) electrons. The average Bonchev–Trinajstić information content (AvgIpc) is 2.57. The number of hydrogen-bond donors (Lipinski definition) is 1. The molecule has 4 aliphatic rings. The molecule has 1 heterocycles. The van der Waals surface area contributed by atoms with Gasteiger partial charge in [0.2, 0.25) is 0 Å². The first-order valence-electron chi connectivity index (χ1n) is 10.3. The molecule has 27 heavy (non-hydrogen) atoms. The summed E-state index contributed by atoms with van der Waals surface area (Å²) in [6.07, 6.45) is 6.85. The molecule has 4 rings (SSSR count). The van der Waals surface area contributed by atoms with Gasteiger partial charge in [-0.25, -0.2) is 4.79 Å². The summed E-state index contributed by atoms with van der Waals surface area (Å²) in [6, 6.07) is 0. The maximum atomic E-state index is 12.5. The topological polar surface area (TPSA) is 72.8 Å². The largest absolute Gasteiger partial charge is 0.465 e. The van der Waals surface area contributed by atoms with Crippen LogP contribution < -0.4 is 0 Å². The van der Waals surface area contributed by atoms with Gasteiger partial charge in [0, 0.05) is 24.7 Å². The summed E-state index contributed by atoms with van der Waals surface area (Å²) < 4.78 is 11.5. The van der Waals surface area contributed by atoms with Crippen molar-refractivity contribution in [2.24, 2.45) is 22.7 Å². The van der Waals surface area contributed by atoms with E-state index in [0.717, 1.165) is 38.5 Å². The number of carbonyl (C=O) groups is 2. The molecule has 150 valence electrons. The molecule has 3 aliphatic carbocycles. The highest BCUT2D eigenvalue weighted by molar-refractivity contribution is 5.91. The zero-order chi connectivity index (χ0) is 19.7. The third-order valence-corrected chi connectivity index (χ3v) is 8.54. The van der Waals surface area contributed by atoms with Gasteiger partial charge < -0.3 is 14.6 Å². The second-order valence-electron chi connectivity index (χ2n) is 10.1. The van der Waals surface area contributed by atoms with E-state index < -0.39 is 17.2 Å². The van der Waals surface area contributed by atoms with Crippen LogP contribution in [0.15, 0.2) is 12.2 Å². The van der Waals surface area contributed by atoms with Crippen LogP contribution in [-0.4, -0.2) is 34.9 Å². The lowest BCUT2D eigenvalue weighted by molar-refractivity contribution is -0.249. The van der Waals surface area contributed by atoms with Gasteiger partial charge in [-0.05, 0) is 49.9 Å². The van der Waals surface area contributed by atoms with Crippen molar-refractivity contribution < 1.29 is 24.2 Å². The summed E-state index contributed by atoms with van der Waals surface area (Å²) >= 11 is 0. The first kappa shape index (κ1) is 19.0. The zero-order valence-corrected chi connectivity index (χ0v) is 16.8. The minimum Gasteiger partial charge on any atom is -0.465 e. The number of ether oxygens (including phenoxy) is 2. The maximum Gasteiger partial charge on any atom is 0.336 e. The van der Waals surface area contributed by atoms with Gasteiger partial charge in [0.1, 0.15) is 5.60 Å². The van der Waals surface area contributed by atoms with Gasteiger partial charge >= 0.3 is 11.9 Å². The molecule has 0 amide bonds. The van der Waals surface area contributed by atoms with E-state index >= 15 is 0 Å². The van der Waals surface area contributed by atoms with Crippen LogP contribution in [0.5, 0.6) is 0 Å². The fourth-order valence-electron chi connectivity index (χ4n) is 7.34. The van der Waals surface area contributed by atoms with Crippen LogP contribution in [0, 0.1) is 22.7 Å². The van der Waals surface area contributed by atoms with Gasteiger partial charge in [-0.3, -0.25) is 4.79 Å². The molecule has 0 unspecified atom stereocenters. The molecular formula is C22H32O5. The predicted octanol–water partition coefficient (Wildman–Crippen LogP) is 3.54. The molecule has 1 saturated heterocycles. The predicted molar refractivity (Wildman–Crippen MR) is 99.7 cm³/mol. The van der Waals surface area contributed by atoms with Gasteiger partial charge in [0.15, 0.2) is 0 Å². The van der Waals surface area contributed by atoms with Gasteiger partial charge in [0.05, 0.1) is 17.8 Å². The molecule has 5 nitrogen and oxygen atoms in total. The zero-order valence-electron chi connectivity index (χ0n) is 16.8. The Hall–Kier alpha value is -1.36. The molecule has 0 aromatic heterocycles. The van der Waals surface area contributed by atoms with Crippen LogP contribution >= 0.6 is 0 Å². The van der Waals surface area contributed by atoms with Crippen LogP contribution in [0.2, 0.25) is 0 Å². The normalized spacial score (nSPS) is 48.9. The molecule has 5 heteroatoms. The maximum absolute atomic E-state index is 12.5. The lowest BCUT2D eigenvalue weighted by Gasteiger charge is -2.66. The molecule has 4 fully saturated rings. The molecule has 6 atom stereocenters. The SMILES string of the molecule is C=C1C(=O)O[C@@]23CC[C@@H]4[C@](C)(COC(C)=O)CCC[C@@]4(C)[C@@H]2CC[C@]1(O)C3. The standard InChI is InChI=1S/C22H32O5/c1-14-18(24)27-22-11-7-16-19(3,13-26-15(2)23)8-5-9-20(16,4)17(22)6-10-21(14,25)12-22/h16-17,25H,1,5-13H2,2-4H3/t16-,17+,19+,20-,21+,22-/m1/s1. The Morgan fingerprint density at radius 3 is 2.63 bits per heavy atom. The van der Waals surface area contributed by atoms with E-state index in [-0.39, 0.29) is 28.3 Å². The highest BCUT2D eigenvalue weighted by atomic mass is 16.6. The van der Waals surface area contributed by atoms with E-state index in [4.69, 9.17) is 9.47 Å². The fraction of sp³-hybridized carbons (Fsp3) is 0.818. The molecule has 1 spiro atoms. The lowest BCUT2D eigenvalue weighted by atomic mass is 9.42. The van der Waals surface area contributed by atoms with E-state index in [1.807, 2.05) is 0 Å². The van der Waals surface area contributed by atoms with Gasteiger partial charge in [-0.1, -0.05) is 26.8 Å². The Balaban J connectivity index is 1.68. The van der Waals surface area contributed by atoms with Crippen molar-refractivity contribution in [3.05, 3.63) is 12.2 Å².